The number of nitro groups is 1. The van der Waals surface area contributed by atoms with Crippen LogP contribution in [-0.4, -0.2) is 17.4 Å². The molecule has 2 aromatic carbocycles. The number of halogens is 1. The van der Waals surface area contributed by atoms with Gasteiger partial charge in [-0.15, -0.1) is 0 Å². The van der Waals surface area contributed by atoms with E-state index in [1.165, 1.54) is 18.2 Å². The van der Waals surface area contributed by atoms with Crippen LogP contribution in [0.2, 0.25) is 0 Å². The highest BCUT2D eigenvalue weighted by atomic mass is 79.9. The molecule has 0 aromatic heterocycles. The number of nitrogens with zero attached hydrogens (tertiary/aromatic N) is 2. The molecule has 0 aliphatic rings. The standard InChI is InChI=1S/C16H13BrN4O3/c1-10-6-12(2-4-14(10)17)20-16(22)9-19-15-5-3-13(21(23)24)7-11(15)8-18/h2-7,19H,9H2,1H3,(H,20,22). The van der Waals surface area contributed by atoms with Crippen molar-refractivity contribution < 1.29 is 9.72 Å². The van der Waals surface area contributed by atoms with Gasteiger partial charge in [-0.05, 0) is 36.8 Å². The molecular formula is C16H13BrN4O3. The van der Waals surface area contributed by atoms with E-state index in [9.17, 15) is 14.9 Å². The molecular weight excluding hydrogens is 376 g/mol. The van der Waals surface area contributed by atoms with Crippen molar-refractivity contribution in [3.05, 3.63) is 62.1 Å². The minimum atomic E-state index is -0.576. The molecule has 0 saturated carbocycles. The number of nitriles is 1. The second-order valence-corrected chi connectivity index (χ2v) is 5.82. The molecule has 2 aromatic rings. The molecule has 2 rings (SSSR count). The number of rotatable bonds is 5. The third kappa shape index (κ3) is 4.30. The molecule has 0 unspecified atom stereocenters. The maximum Gasteiger partial charge on any atom is 0.270 e. The van der Waals surface area contributed by atoms with Crippen LogP contribution in [0.1, 0.15) is 11.1 Å². The summed E-state index contributed by atoms with van der Waals surface area (Å²) in [4.78, 5) is 22.1. The van der Waals surface area contributed by atoms with Gasteiger partial charge in [-0.25, -0.2) is 0 Å². The van der Waals surface area contributed by atoms with Crippen LogP contribution in [0.15, 0.2) is 40.9 Å². The number of carbonyl (C=O) groups excluding carboxylic acids is 1. The Morgan fingerprint density at radius 2 is 2.08 bits per heavy atom. The van der Waals surface area contributed by atoms with E-state index in [2.05, 4.69) is 26.6 Å². The Morgan fingerprint density at radius 1 is 1.33 bits per heavy atom. The van der Waals surface area contributed by atoms with Gasteiger partial charge in [-0.1, -0.05) is 15.9 Å². The molecule has 0 spiro atoms. The van der Waals surface area contributed by atoms with Gasteiger partial charge in [0, 0.05) is 22.3 Å². The molecule has 24 heavy (non-hydrogen) atoms. The molecule has 0 saturated heterocycles. The lowest BCUT2D eigenvalue weighted by molar-refractivity contribution is -0.384. The molecule has 0 radical (unpaired) electrons. The first-order valence-electron chi connectivity index (χ1n) is 6.89. The fraction of sp³-hybridized carbons (Fsp3) is 0.125. The van der Waals surface area contributed by atoms with Crippen LogP contribution in [0.4, 0.5) is 17.1 Å². The van der Waals surface area contributed by atoms with Gasteiger partial charge in [0.25, 0.3) is 5.69 Å². The average molecular weight is 389 g/mol. The van der Waals surface area contributed by atoms with Crippen LogP contribution in [0.25, 0.3) is 0 Å². The number of nitrogens with one attached hydrogen (secondary N) is 2. The van der Waals surface area contributed by atoms with Crippen LogP contribution in [0.5, 0.6) is 0 Å². The molecule has 2 N–H and O–H groups in total. The SMILES string of the molecule is Cc1cc(NC(=O)CNc2ccc([N+](=O)[O-])cc2C#N)ccc1Br. The third-order valence-electron chi connectivity index (χ3n) is 3.22. The second-order valence-electron chi connectivity index (χ2n) is 4.96. The number of carbonyl (C=O) groups is 1. The molecule has 0 bridgehead atoms. The number of non-ortho nitro benzene ring substituents is 1. The molecule has 0 heterocycles. The summed E-state index contributed by atoms with van der Waals surface area (Å²) in [5.41, 5.74) is 1.95. The summed E-state index contributed by atoms with van der Waals surface area (Å²) in [6.07, 6.45) is 0. The van der Waals surface area contributed by atoms with Crippen LogP contribution >= 0.6 is 15.9 Å². The van der Waals surface area contributed by atoms with Gasteiger partial charge in [0.15, 0.2) is 0 Å². The lowest BCUT2D eigenvalue weighted by Gasteiger charge is -2.10. The highest BCUT2D eigenvalue weighted by molar-refractivity contribution is 9.10. The fourth-order valence-electron chi connectivity index (χ4n) is 2.00. The van der Waals surface area contributed by atoms with Crippen LogP contribution in [-0.2, 0) is 4.79 Å². The zero-order chi connectivity index (χ0) is 17.7. The minimum absolute atomic E-state index is 0.0679. The summed E-state index contributed by atoms with van der Waals surface area (Å²) < 4.78 is 0.947. The first-order chi connectivity index (χ1) is 11.4. The molecule has 7 nitrogen and oxygen atoms in total. The van der Waals surface area contributed by atoms with Gasteiger partial charge in [0.2, 0.25) is 5.91 Å². The summed E-state index contributed by atoms with van der Waals surface area (Å²) in [7, 11) is 0. The van der Waals surface area contributed by atoms with E-state index in [1.54, 1.807) is 6.07 Å². The van der Waals surface area contributed by atoms with E-state index in [-0.39, 0.29) is 23.7 Å². The Bertz CT molecular complexity index is 846. The van der Waals surface area contributed by atoms with Gasteiger partial charge >= 0.3 is 0 Å². The van der Waals surface area contributed by atoms with Gasteiger partial charge in [-0.3, -0.25) is 14.9 Å². The number of hydrogen-bond acceptors (Lipinski definition) is 5. The molecule has 0 aliphatic heterocycles. The number of nitro benzene ring substituents is 1. The Hall–Kier alpha value is -2.92. The van der Waals surface area contributed by atoms with E-state index in [0.717, 1.165) is 10.0 Å². The fourth-order valence-corrected chi connectivity index (χ4v) is 2.24. The number of amides is 1. The second kappa shape index (κ2) is 7.57. The summed E-state index contributed by atoms with van der Waals surface area (Å²) in [5, 5.41) is 25.3. The van der Waals surface area contributed by atoms with Crippen molar-refractivity contribution in [3.63, 3.8) is 0 Å². The summed E-state index contributed by atoms with van der Waals surface area (Å²) in [6.45, 7) is 1.84. The van der Waals surface area contributed by atoms with Crippen molar-refractivity contribution in [1.29, 1.82) is 5.26 Å². The van der Waals surface area contributed by atoms with E-state index >= 15 is 0 Å². The van der Waals surface area contributed by atoms with Crippen molar-refractivity contribution in [3.8, 4) is 6.07 Å². The van der Waals surface area contributed by atoms with Gasteiger partial charge in [-0.2, -0.15) is 5.26 Å². The summed E-state index contributed by atoms with van der Waals surface area (Å²) >= 11 is 3.39. The van der Waals surface area contributed by atoms with Crippen molar-refractivity contribution in [2.75, 3.05) is 17.2 Å². The molecule has 0 fully saturated rings. The largest absolute Gasteiger partial charge is 0.375 e. The van der Waals surface area contributed by atoms with Gasteiger partial charge in [0.1, 0.15) is 6.07 Å². The lowest BCUT2D eigenvalue weighted by Crippen LogP contribution is -2.22. The molecule has 8 heteroatoms. The Labute approximate surface area is 146 Å². The first kappa shape index (κ1) is 17.4. The monoisotopic (exact) mass is 388 g/mol. The molecule has 1 amide bonds. The van der Waals surface area contributed by atoms with E-state index in [0.29, 0.717) is 11.4 Å². The Morgan fingerprint density at radius 3 is 2.71 bits per heavy atom. The van der Waals surface area contributed by atoms with Crippen molar-refractivity contribution in [2.24, 2.45) is 0 Å². The highest BCUT2D eigenvalue weighted by Crippen LogP contribution is 2.22. The zero-order valence-corrected chi connectivity index (χ0v) is 14.3. The average Bonchev–Trinajstić information content (AvgIpc) is 2.56. The number of hydrogen-bond donors (Lipinski definition) is 2. The van der Waals surface area contributed by atoms with E-state index in [4.69, 9.17) is 5.26 Å². The maximum atomic E-state index is 12.0. The maximum absolute atomic E-state index is 12.0. The summed E-state index contributed by atoms with van der Waals surface area (Å²) in [6, 6.07) is 11.2. The van der Waals surface area contributed by atoms with Crippen molar-refractivity contribution >= 4 is 38.9 Å². The number of anilines is 2. The van der Waals surface area contributed by atoms with Gasteiger partial charge in [0.05, 0.1) is 22.7 Å². The normalized spacial score (nSPS) is 9.88. The Kier molecular flexibility index (Phi) is 5.50. The molecule has 0 aliphatic carbocycles. The minimum Gasteiger partial charge on any atom is -0.375 e. The predicted molar refractivity (Wildman–Crippen MR) is 93.8 cm³/mol. The molecule has 0 atom stereocenters. The van der Waals surface area contributed by atoms with E-state index < -0.39 is 4.92 Å². The first-order valence-corrected chi connectivity index (χ1v) is 7.68. The number of aryl methyl sites for hydroxylation is 1. The van der Waals surface area contributed by atoms with E-state index in [1.807, 2.05) is 25.1 Å². The highest BCUT2D eigenvalue weighted by Gasteiger charge is 2.11. The lowest BCUT2D eigenvalue weighted by atomic mass is 10.1. The quantitative estimate of drug-likeness (QED) is 0.600. The van der Waals surface area contributed by atoms with Gasteiger partial charge < -0.3 is 10.6 Å². The predicted octanol–water partition coefficient (Wildman–Crippen LogP) is 3.59. The smallest absolute Gasteiger partial charge is 0.270 e. The van der Waals surface area contributed by atoms with Crippen LogP contribution in [0, 0.1) is 28.4 Å². The molecule has 122 valence electrons. The zero-order valence-electron chi connectivity index (χ0n) is 12.7. The topological polar surface area (TPSA) is 108 Å². The van der Waals surface area contributed by atoms with Crippen molar-refractivity contribution in [1.82, 2.24) is 0 Å². The summed E-state index contributed by atoms with van der Waals surface area (Å²) in [5.74, 6) is -0.293. The van der Waals surface area contributed by atoms with Crippen LogP contribution < -0.4 is 10.6 Å². The Balaban J connectivity index is 2.02. The number of benzene rings is 2. The third-order valence-corrected chi connectivity index (χ3v) is 4.11. The van der Waals surface area contributed by atoms with Crippen LogP contribution in [0.3, 0.4) is 0 Å². The van der Waals surface area contributed by atoms with Crippen molar-refractivity contribution in [2.45, 2.75) is 6.92 Å².